The van der Waals surface area contributed by atoms with Gasteiger partial charge in [-0.05, 0) is 31.2 Å². The monoisotopic (exact) mass is 237 g/mol. The molecule has 2 heteroatoms. The summed E-state index contributed by atoms with van der Waals surface area (Å²) in [5.41, 5.74) is 1.18. The standard InChI is InChI=1S/C15H24FN/c1-3-4-5-6-7-8-15(17-2)13-9-11-14(16)12-10-13/h9-12,15,17H,3-8H2,1-2H3. The summed E-state index contributed by atoms with van der Waals surface area (Å²) in [6.45, 7) is 2.23. The molecule has 0 aliphatic rings. The summed E-state index contributed by atoms with van der Waals surface area (Å²) < 4.78 is 12.8. The van der Waals surface area contributed by atoms with Gasteiger partial charge in [0, 0.05) is 6.04 Å². The van der Waals surface area contributed by atoms with Crippen LogP contribution in [0, 0.1) is 5.82 Å². The largest absolute Gasteiger partial charge is 0.313 e. The van der Waals surface area contributed by atoms with Crippen LogP contribution < -0.4 is 5.32 Å². The lowest BCUT2D eigenvalue weighted by Gasteiger charge is -2.16. The lowest BCUT2D eigenvalue weighted by atomic mass is 10.00. The van der Waals surface area contributed by atoms with Gasteiger partial charge in [-0.3, -0.25) is 0 Å². The van der Waals surface area contributed by atoms with Crippen molar-refractivity contribution in [2.45, 2.75) is 51.5 Å². The fourth-order valence-corrected chi connectivity index (χ4v) is 2.12. The Hall–Kier alpha value is -0.890. The second-order valence-corrected chi connectivity index (χ2v) is 4.60. The number of rotatable bonds is 8. The van der Waals surface area contributed by atoms with Crippen molar-refractivity contribution in [3.63, 3.8) is 0 Å². The van der Waals surface area contributed by atoms with E-state index in [-0.39, 0.29) is 5.82 Å². The van der Waals surface area contributed by atoms with Crippen LogP contribution in [-0.2, 0) is 0 Å². The third-order valence-electron chi connectivity index (χ3n) is 3.22. The Bertz CT molecular complexity index is 294. The van der Waals surface area contributed by atoms with E-state index in [4.69, 9.17) is 0 Å². The first kappa shape index (κ1) is 14.2. The summed E-state index contributed by atoms with van der Waals surface area (Å²) in [5.74, 6) is -0.161. The Morgan fingerprint density at radius 2 is 1.71 bits per heavy atom. The van der Waals surface area contributed by atoms with Gasteiger partial charge in [-0.15, -0.1) is 0 Å². The molecule has 0 fully saturated rings. The Morgan fingerprint density at radius 3 is 2.29 bits per heavy atom. The molecule has 0 amide bonds. The molecule has 1 atom stereocenters. The predicted octanol–water partition coefficient (Wildman–Crippen LogP) is 4.45. The van der Waals surface area contributed by atoms with Gasteiger partial charge in [-0.1, -0.05) is 51.2 Å². The second-order valence-electron chi connectivity index (χ2n) is 4.60. The van der Waals surface area contributed by atoms with Gasteiger partial charge in [0.15, 0.2) is 0 Å². The Labute approximate surface area is 104 Å². The van der Waals surface area contributed by atoms with Crippen LogP contribution in [0.1, 0.15) is 57.1 Å². The Morgan fingerprint density at radius 1 is 1.06 bits per heavy atom. The van der Waals surface area contributed by atoms with Gasteiger partial charge in [0.1, 0.15) is 5.82 Å². The molecule has 0 spiro atoms. The first-order valence-corrected chi connectivity index (χ1v) is 6.70. The first-order chi connectivity index (χ1) is 8.27. The Balaban J connectivity index is 2.35. The van der Waals surface area contributed by atoms with Crippen LogP contribution in [-0.4, -0.2) is 7.05 Å². The Kier molecular flexibility index (Phi) is 6.87. The molecule has 1 rings (SSSR count). The van der Waals surface area contributed by atoms with Gasteiger partial charge in [0.2, 0.25) is 0 Å². The van der Waals surface area contributed by atoms with Crippen LogP contribution in [0.3, 0.4) is 0 Å². The topological polar surface area (TPSA) is 12.0 Å². The third-order valence-corrected chi connectivity index (χ3v) is 3.22. The molecule has 1 aromatic carbocycles. The van der Waals surface area contributed by atoms with E-state index in [2.05, 4.69) is 12.2 Å². The summed E-state index contributed by atoms with van der Waals surface area (Å²) in [4.78, 5) is 0. The van der Waals surface area contributed by atoms with E-state index >= 15 is 0 Å². The van der Waals surface area contributed by atoms with Gasteiger partial charge in [0.05, 0.1) is 0 Å². The lowest BCUT2D eigenvalue weighted by molar-refractivity contribution is 0.500. The number of unbranched alkanes of at least 4 members (excludes halogenated alkanes) is 4. The fraction of sp³-hybridized carbons (Fsp3) is 0.600. The minimum Gasteiger partial charge on any atom is -0.313 e. The van der Waals surface area contributed by atoms with E-state index < -0.39 is 0 Å². The van der Waals surface area contributed by atoms with Crippen LogP contribution in [0.25, 0.3) is 0 Å². The number of hydrogen-bond donors (Lipinski definition) is 1. The quantitative estimate of drug-likeness (QED) is 0.659. The molecular weight excluding hydrogens is 213 g/mol. The first-order valence-electron chi connectivity index (χ1n) is 6.70. The summed E-state index contributed by atoms with van der Waals surface area (Å²) in [6, 6.07) is 7.19. The molecule has 0 heterocycles. The average molecular weight is 237 g/mol. The summed E-state index contributed by atoms with van der Waals surface area (Å²) in [7, 11) is 1.97. The van der Waals surface area contributed by atoms with Gasteiger partial charge < -0.3 is 5.32 Å². The molecule has 1 unspecified atom stereocenters. The molecule has 0 bridgehead atoms. The van der Waals surface area contributed by atoms with Crippen molar-refractivity contribution in [3.05, 3.63) is 35.6 Å². The highest BCUT2D eigenvalue weighted by Crippen LogP contribution is 2.20. The highest BCUT2D eigenvalue weighted by atomic mass is 19.1. The van der Waals surface area contributed by atoms with Crippen molar-refractivity contribution < 1.29 is 4.39 Å². The normalized spacial score (nSPS) is 12.6. The number of benzene rings is 1. The van der Waals surface area contributed by atoms with Crippen LogP contribution in [0.5, 0.6) is 0 Å². The molecule has 96 valence electrons. The second kappa shape index (κ2) is 8.24. The van der Waals surface area contributed by atoms with E-state index in [1.807, 2.05) is 19.2 Å². The summed E-state index contributed by atoms with van der Waals surface area (Å²) in [5, 5.41) is 3.31. The number of halogens is 1. The average Bonchev–Trinajstić information content (AvgIpc) is 2.35. The smallest absolute Gasteiger partial charge is 0.123 e. The van der Waals surface area contributed by atoms with Crippen molar-refractivity contribution in [3.8, 4) is 0 Å². The van der Waals surface area contributed by atoms with Gasteiger partial charge in [-0.25, -0.2) is 4.39 Å². The maximum atomic E-state index is 12.8. The minimum absolute atomic E-state index is 0.161. The predicted molar refractivity (Wildman–Crippen MR) is 71.6 cm³/mol. The van der Waals surface area contributed by atoms with E-state index in [1.54, 1.807) is 0 Å². The molecule has 17 heavy (non-hydrogen) atoms. The highest BCUT2D eigenvalue weighted by Gasteiger charge is 2.08. The molecule has 1 nitrogen and oxygen atoms in total. The van der Waals surface area contributed by atoms with Crippen LogP contribution in [0.2, 0.25) is 0 Å². The van der Waals surface area contributed by atoms with Crippen LogP contribution >= 0.6 is 0 Å². The van der Waals surface area contributed by atoms with Gasteiger partial charge in [-0.2, -0.15) is 0 Å². The van der Waals surface area contributed by atoms with E-state index in [9.17, 15) is 4.39 Å². The maximum absolute atomic E-state index is 12.8. The molecule has 0 saturated carbocycles. The molecule has 1 aromatic rings. The van der Waals surface area contributed by atoms with Gasteiger partial charge in [0.25, 0.3) is 0 Å². The van der Waals surface area contributed by atoms with Crippen molar-refractivity contribution in [2.24, 2.45) is 0 Å². The minimum atomic E-state index is -0.161. The van der Waals surface area contributed by atoms with E-state index in [0.29, 0.717) is 6.04 Å². The van der Waals surface area contributed by atoms with Gasteiger partial charge >= 0.3 is 0 Å². The number of hydrogen-bond acceptors (Lipinski definition) is 1. The molecule has 0 aliphatic carbocycles. The lowest BCUT2D eigenvalue weighted by Crippen LogP contribution is -2.16. The molecule has 1 N–H and O–H groups in total. The van der Waals surface area contributed by atoms with Crippen molar-refractivity contribution in [1.82, 2.24) is 5.32 Å². The molecule has 0 aliphatic heterocycles. The van der Waals surface area contributed by atoms with E-state index in [0.717, 1.165) is 6.42 Å². The zero-order valence-corrected chi connectivity index (χ0v) is 11.0. The van der Waals surface area contributed by atoms with Crippen molar-refractivity contribution in [2.75, 3.05) is 7.05 Å². The zero-order valence-electron chi connectivity index (χ0n) is 11.0. The molecule has 0 saturated heterocycles. The molecular formula is C15H24FN. The molecule has 0 radical (unpaired) electrons. The van der Waals surface area contributed by atoms with Crippen LogP contribution in [0.15, 0.2) is 24.3 Å². The third kappa shape index (κ3) is 5.31. The molecule has 0 aromatic heterocycles. The zero-order chi connectivity index (χ0) is 12.5. The van der Waals surface area contributed by atoms with Crippen molar-refractivity contribution >= 4 is 0 Å². The summed E-state index contributed by atoms with van der Waals surface area (Å²) >= 11 is 0. The van der Waals surface area contributed by atoms with Crippen LogP contribution in [0.4, 0.5) is 4.39 Å². The van der Waals surface area contributed by atoms with Crippen molar-refractivity contribution in [1.29, 1.82) is 0 Å². The highest BCUT2D eigenvalue weighted by molar-refractivity contribution is 5.19. The summed E-state index contributed by atoms with van der Waals surface area (Å²) in [6.07, 6.45) is 7.62. The maximum Gasteiger partial charge on any atom is 0.123 e. The fourth-order valence-electron chi connectivity index (χ4n) is 2.12. The van der Waals surface area contributed by atoms with E-state index in [1.165, 1.54) is 49.8 Å². The SMILES string of the molecule is CCCCCCCC(NC)c1ccc(F)cc1. The number of nitrogens with one attached hydrogen (secondary N) is 1.